The summed E-state index contributed by atoms with van der Waals surface area (Å²) in [5, 5.41) is 3.02. The van der Waals surface area contributed by atoms with Crippen molar-refractivity contribution >= 4 is 11.6 Å². The molecule has 0 aliphatic carbocycles. The second-order valence-electron chi connectivity index (χ2n) is 7.35. The fourth-order valence-corrected chi connectivity index (χ4v) is 3.83. The third-order valence-electron chi connectivity index (χ3n) is 5.54. The van der Waals surface area contributed by atoms with Crippen molar-refractivity contribution in [2.75, 3.05) is 38.3 Å². The van der Waals surface area contributed by atoms with Crippen LogP contribution in [0.25, 0.3) is 0 Å². The zero-order valence-corrected chi connectivity index (χ0v) is 15.7. The normalized spacial score (nSPS) is 22.3. The predicted octanol–water partition coefficient (Wildman–Crippen LogP) is -0.274. The van der Waals surface area contributed by atoms with Crippen molar-refractivity contribution in [3.8, 4) is 11.5 Å². The minimum atomic E-state index is -0.0753. The van der Waals surface area contributed by atoms with Crippen molar-refractivity contribution in [3.63, 3.8) is 0 Å². The van der Waals surface area contributed by atoms with Gasteiger partial charge in [-0.25, -0.2) is 0 Å². The molecule has 1 saturated heterocycles. The summed E-state index contributed by atoms with van der Waals surface area (Å²) in [5.41, 5.74) is 2.13. The molecule has 0 spiro atoms. The Kier molecular flexibility index (Phi) is 5.27. The Morgan fingerprint density at radius 3 is 2.56 bits per heavy atom. The van der Waals surface area contributed by atoms with Crippen LogP contribution >= 0.6 is 0 Å². The second kappa shape index (κ2) is 7.98. The number of carbonyl (C=O) groups is 1. The number of ether oxygens (including phenoxy) is 2. The van der Waals surface area contributed by atoms with Crippen LogP contribution in [0.2, 0.25) is 0 Å². The maximum absolute atomic E-state index is 12.7. The molecule has 6 nitrogen and oxygen atoms in total. The summed E-state index contributed by atoms with van der Waals surface area (Å²) in [6.45, 7) is 7.52. The number of fused-ring (bicyclic) bond motifs is 1. The van der Waals surface area contributed by atoms with E-state index in [4.69, 9.17) is 9.47 Å². The van der Waals surface area contributed by atoms with E-state index in [9.17, 15) is 4.79 Å². The standard InChI is InChI=1S/C21H25N3O3/c1-16(21(25)22-18-7-8-19-20(13-18)27-15-26-19)24-11-9-23(10-12-24)14-17-5-3-2-4-6-17/h2-8,13,16H,9-12,14-15H2,1H3,(H,22,25)/p+2/t16-/m1/s1. The van der Waals surface area contributed by atoms with Crippen LogP contribution < -0.4 is 24.6 Å². The Labute approximate surface area is 159 Å². The first kappa shape index (κ1) is 17.8. The third kappa shape index (κ3) is 4.23. The molecule has 142 valence electrons. The molecule has 2 aliphatic rings. The smallest absolute Gasteiger partial charge is 0.282 e. The molecule has 0 unspecified atom stereocenters. The first-order valence-corrected chi connectivity index (χ1v) is 9.61. The highest BCUT2D eigenvalue weighted by Gasteiger charge is 2.31. The van der Waals surface area contributed by atoms with Gasteiger partial charge >= 0.3 is 0 Å². The van der Waals surface area contributed by atoms with Gasteiger partial charge in [-0.1, -0.05) is 30.3 Å². The molecule has 1 amide bonds. The maximum atomic E-state index is 12.7. The van der Waals surface area contributed by atoms with Gasteiger partial charge in [0.25, 0.3) is 5.91 Å². The van der Waals surface area contributed by atoms with Crippen molar-refractivity contribution < 1.29 is 24.1 Å². The van der Waals surface area contributed by atoms with Crippen LogP contribution in [-0.2, 0) is 11.3 Å². The lowest BCUT2D eigenvalue weighted by molar-refractivity contribution is -1.02. The molecule has 0 radical (unpaired) electrons. The Hall–Kier alpha value is -2.57. The van der Waals surface area contributed by atoms with Gasteiger partial charge in [0.1, 0.15) is 32.7 Å². The highest BCUT2D eigenvalue weighted by molar-refractivity contribution is 5.93. The maximum Gasteiger partial charge on any atom is 0.282 e. The molecule has 27 heavy (non-hydrogen) atoms. The number of quaternary nitrogens is 2. The van der Waals surface area contributed by atoms with E-state index in [1.54, 1.807) is 4.90 Å². The molecule has 4 rings (SSSR count). The Bertz CT molecular complexity index is 789. The highest BCUT2D eigenvalue weighted by atomic mass is 16.7. The number of hydrogen-bond donors (Lipinski definition) is 3. The lowest BCUT2D eigenvalue weighted by atomic mass is 10.1. The average Bonchev–Trinajstić information content (AvgIpc) is 3.16. The number of rotatable bonds is 5. The minimum absolute atomic E-state index is 0.0513. The van der Waals surface area contributed by atoms with Crippen molar-refractivity contribution in [3.05, 3.63) is 54.1 Å². The van der Waals surface area contributed by atoms with Crippen molar-refractivity contribution in [1.29, 1.82) is 0 Å². The predicted molar refractivity (Wildman–Crippen MR) is 102 cm³/mol. The molecule has 0 saturated carbocycles. The summed E-state index contributed by atoms with van der Waals surface area (Å²) < 4.78 is 10.7. The van der Waals surface area contributed by atoms with Crippen LogP contribution in [0.3, 0.4) is 0 Å². The van der Waals surface area contributed by atoms with Crippen molar-refractivity contribution in [2.24, 2.45) is 0 Å². The quantitative estimate of drug-likeness (QED) is 0.680. The fourth-order valence-electron chi connectivity index (χ4n) is 3.83. The minimum Gasteiger partial charge on any atom is -0.454 e. The van der Waals surface area contributed by atoms with Gasteiger partial charge in [-0.15, -0.1) is 0 Å². The number of piperazine rings is 1. The van der Waals surface area contributed by atoms with E-state index in [0.717, 1.165) is 44.2 Å². The lowest BCUT2D eigenvalue weighted by Gasteiger charge is -2.32. The van der Waals surface area contributed by atoms with Gasteiger partial charge < -0.3 is 24.6 Å². The summed E-state index contributed by atoms with van der Waals surface area (Å²) in [6.07, 6.45) is 0. The van der Waals surface area contributed by atoms with E-state index in [-0.39, 0.29) is 18.7 Å². The topological polar surface area (TPSA) is 56.4 Å². The number of hydrogen-bond acceptors (Lipinski definition) is 3. The molecule has 0 aromatic heterocycles. The molecule has 1 atom stereocenters. The van der Waals surface area contributed by atoms with Crippen molar-refractivity contribution in [2.45, 2.75) is 19.5 Å². The number of benzene rings is 2. The molecule has 6 heteroatoms. The van der Waals surface area contributed by atoms with Gasteiger partial charge in [0.05, 0.1) is 0 Å². The average molecular weight is 369 g/mol. The van der Waals surface area contributed by atoms with Crippen molar-refractivity contribution in [1.82, 2.24) is 0 Å². The molecule has 0 bridgehead atoms. The summed E-state index contributed by atoms with van der Waals surface area (Å²) in [5.74, 6) is 1.46. The fraction of sp³-hybridized carbons (Fsp3) is 0.381. The van der Waals surface area contributed by atoms with Crippen LogP contribution in [-0.4, -0.2) is 44.9 Å². The molecule has 3 N–H and O–H groups in total. The lowest BCUT2D eigenvalue weighted by Crippen LogP contribution is -3.29. The van der Waals surface area contributed by atoms with Gasteiger partial charge in [-0.05, 0) is 19.1 Å². The zero-order valence-electron chi connectivity index (χ0n) is 15.7. The Balaban J connectivity index is 1.28. The number of amides is 1. The molecule has 1 fully saturated rings. The van der Waals surface area contributed by atoms with E-state index >= 15 is 0 Å². The van der Waals surface area contributed by atoms with Crippen LogP contribution in [0.4, 0.5) is 5.69 Å². The van der Waals surface area contributed by atoms with Gasteiger partial charge in [-0.2, -0.15) is 0 Å². The van der Waals surface area contributed by atoms with Crippen LogP contribution in [0, 0.1) is 0 Å². The van der Waals surface area contributed by atoms with E-state index in [2.05, 4.69) is 35.6 Å². The Morgan fingerprint density at radius 1 is 1.04 bits per heavy atom. The summed E-state index contributed by atoms with van der Waals surface area (Å²) in [7, 11) is 0. The Morgan fingerprint density at radius 2 is 1.78 bits per heavy atom. The largest absolute Gasteiger partial charge is 0.454 e. The number of anilines is 1. The first-order valence-electron chi connectivity index (χ1n) is 9.61. The van der Waals surface area contributed by atoms with Crippen LogP contribution in [0.1, 0.15) is 12.5 Å². The third-order valence-corrected chi connectivity index (χ3v) is 5.54. The molecular formula is C21H27N3O3+2. The molecule has 2 aromatic carbocycles. The van der Waals surface area contributed by atoms with Gasteiger partial charge in [0.2, 0.25) is 6.79 Å². The zero-order chi connectivity index (χ0) is 18.6. The molecular weight excluding hydrogens is 342 g/mol. The first-order chi connectivity index (χ1) is 13.2. The van der Waals surface area contributed by atoms with E-state index in [1.807, 2.05) is 25.1 Å². The van der Waals surface area contributed by atoms with Crippen LogP contribution in [0.5, 0.6) is 11.5 Å². The van der Waals surface area contributed by atoms with Gasteiger partial charge in [0, 0.05) is 17.3 Å². The summed E-state index contributed by atoms with van der Waals surface area (Å²) in [4.78, 5) is 15.6. The highest BCUT2D eigenvalue weighted by Crippen LogP contribution is 2.34. The summed E-state index contributed by atoms with van der Waals surface area (Å²) >= 11 is 0. The second-order valence-corrected chi connectivity index (χ2v) is 7.35. The number of carbonyl (C=O) groups excluding carboxylic acids is 1. The van der Waals surface area contributed by atoms with Gasteiger partial charge in [0.15, 0.2) is 17.5 Å². The van der Waals surface area contributed by atoms with E-state index < -0.39 is 0 Å². The van der Waals surface area contributed by atoms with Crippen LogP contribution in [0.15, 0.2) is 48.5 Å². The monoisotopic (exact) mass is 369 g/mol. The number of nitrogens with one attached hydrogen (secondary N) is 3. The summed E-state index contributed by atoms with van der Waals surface area (Å²) in [6, 6.07) is 16.1. The molecule has 2 heterocycles. The van der Waals surface area contributed by atoms with E-state index in [1.165, 1.54) is 10.5 Å². The molecule has 2 aliphatic heterocycles. The van der Waals surface area contributed by atoms with E-state index in [0.29, 0.717) is 5.75 Å². The SMILES string of the molecule is C[C@H](C(=O)Nc1ccc2c(c1)OCO2)[NH+]1CC[NH+](Cc2ccccc2)CC1. The molecule has 2 aromatic rings. The van der Waals surface area contributed by atoms with Gasteiger partial charge in [-0.3, -0.25) is 4.79 Å².